The molecule has 3 N–H and O–H groups in total. The summed E-state index contributed by atoms with van der Waals surface area (Å²) in [4.78, 5) is 36.2. The Kier molecular flexibility index (Phi) is 4.19. The number of hydrogen-bond acceptors (Lipinski definition) is 4. The lowest BCUT2D eigenvalue weighted by Crippen LogP contribution is -2.43. The van der Waals surface area contributed by atoms with E-state index in [2.05, 4.69) is 0 Å². The third-order valence-corrected chi connectivity index (χ3v) is 4.00. The molecule has 2 heterocycles. The molecule has 0 aliphatic carbocycles. The molecule has 1 aromatic rings. The van der Waals surface area contributed by atoms with E-state index < -0.39 is 17.9 Å². The van der Waals surface area contributed by atoms with Gasteiger partial charge < -0.3 is 15.7 Å². The summed E-state index contributed by atoms with van der Waals surface area (Å²) < 4.78 is 0. The van der Waals surface area contributed by atoms with Crippen molar-refractivity contribution in [2.24, 2.45) is 5.73 Å². The average molecular weight is 294 g/mol. The lowest BCUT2D eigenvalue weighted by atomic mass is 10.2. The number of thiophene rings is 1. The van der Waals surface area contributed by atoms with E-state index in [1.165, 1.54) is 22.3 Å². The van der Waals surface area contributed by atoms with Crippen molar-refractivity contribution < 1.29 is 19.5 Å². The van der Waals surface area contributed by atoms with Gasteiger partial charge in [-0.1, -0.05) is 0 Å². The number of aliphatic carboxylic acids is 1. The molecule has 2 amide bonds. The third kappa shape index (κ3) is 3.05. The minimum atomic E-state index is -1.04. The fourth-order valence-electron chi connectivity index (χ4n) is 2.18. The number of rotatable bonds is 4. The highest BCUT2D eigenvalue weighted by atomic mass is 32.1. The van der Waals surface area contributed by atoms with E-state index in [-0.39, 0.29) is 5.91 Å². The van der Waals surface area contributed by atoms with E-state index in [9.17, 15) is 14.4 Å². The van der Waals surface area contributed by atoms with Gasteiger partial charge in [-0.2, -0.15) is 0 Å². The maximum atomic E-state index is 12.3. The highest BCUT2D eigenvalue weighted by Gasteiger charge is 2.33. The van der Waals surface area contributed by atoms with Crippen LogP contribution in [0, 0.1) is 0 Å². The molecule has 1 unspecified atom stereocenters. The number of likely N-dealkylation sites (tertiary alicyclic amines) is 1. The van der Waals surface area contributed by atoms with Gasteiger partial charge in [0.25, 0.3) is 5.91 Å². The summed E-state index contributed by atoms with van der Waals surface area (Å²) >= 11 is 1.27. The third-order valence-electron chi connectivity index (χ3n) is 3.10. The first-order chi connectivity index (χ1) is 9.49. The second kappa shape index (κ2) is 5.87. The number of carbonyl (C=O) groups is 3. The number of carboxylic acids is 1. The second-order valence-corrected chi connectivity index (χ2v) is 5.41. The Morgan fingerprint density at radius 1 is 1.45 bits per heavy atom. The summed E-state index contributed by atoms with van der Waals surface area (Å²) in [5.74, 6) is -1.77. The van der Waals surface area contributed by atoms with Gasteiger partial charge in [0.2, 0.25) is 5.91 Å². The molecule has 1 aliphatic heterocycles. The molecule has 106 valence electrons. The van der Waals surface area contributed by atoms with Gasteiger partial charge in [-0.3, -0.25) is 9.59 Å². The summed E-state index contributed by atoms with van der Waals surface area (Å²) in [5, 5.41) is 10.2. The van der Waals surface area contributed by atoms with E-state index in [0.717, 1.165) is 12.5 Å². The largest absolute Gasteiger partial charge is 0.478 e. The molecule has 0 aromatic carbocycles. The Hall–Kier alpha value is -2.15. The molecule has 1 saturated heterocycles. The zero-order chi connectivity index (χ0) is 14.7. The molecule has 1 aromatic heterocycles. The van der Waals surface area contributed by atoms with Gasteiger partial charge in [-0.25, -0.2) is 4.79 Å². The Morgan fingerprint density at radius 2 is 2.20 bits per heavy atom. The molecule has 7 heteroatoms. The molecule has 0 spiro atoms. The SMILES string of the molecule is NC(=O)C1CCCN1C(=O)c1csc(C=CC(=O)O)c1. The van der Waals surface area contributed by atoms with E-state index in [0.29, 0.717) is 23.4 Å². The maximum absolute atomic E-state index is 12.3. The highest BCUT2D eigenvalue weighted by Crippen LogP contribution is 2.23. The predicted molar refractivity (Wildman–Crippen MR) is 74.2 cm³/mol. The fraction of sp³-hybridized carbons (Fsp3) is 0.308. The Morgan fingerprint density at radius 3 is 2.85 bits per heavy atom. The summed E-state index contributed by atoms with van der Waals surface area (Å²) in [6, 6.07) is 1.07. The summed E-state index contributed by atoms with van der Waals surface area (Å²) in [5.41, 5.74) is 5.74. The number of primary amides is 1. The normalized spacial score (nSPS) is 18.6. The minimum Gasteiger partial charge on any atom is -0.478 e. The maximum Gasteiger partial charge on any atom is 0.328 e. The number of amides is 2. The van der Waals surface area contributed by atoms with Crippen LogP contribution in [-0.4, -0.2) is 40.4 Å². The standard InChI is InChI=1S/C13H14N2O4S/c14-12(18)10-2-1-5-15(10)13(19)8-6-9(20-7-8)3-4-11(16)17/h3-4,6-7,10H,1-2,5H2,(H2,14,18)(H,16,17). The van der Waals surface area contributed by atoms with Crippen molar-refractivity contribution in [3.63, 3.8) is 0 Å². The molecule has 2 rings (SSSR count). The molecule has 6 nitrogen and oxygen atoms in total. The molecule has 0 radical (unpaired) electrons. The van der Waals surface area contributed by atoms with Gasteiger partial charge in [0.05, 0.1) is 5.56 Å². The predicted octanol–water partition coefficient (Wildman–Crippen LogP) is 0.936. The zero-order valence-corrected chi connectivity index (χ0v) is 11.4. The van der Waals surface area contributed by atoms with Crippen LogP contribution >= 0.6 is 11.3 Å². The summed E-state index contributed by atoms with van der Waals surface area (Å²) in [6.45, 7) is 0.516. The fourth-order valence-corrected chi connectivity index (χ4v) is 2.95. The van der Waals surface area contributed by atoms with Crippen LogP contribution < -0.4 is 5.73 Å². The van der Waals surface area contributed by atoms with E-state index in [1.54, 1.807) is 11.4 Å². The number of carboxylic acid groups (broad SMARTS) is 1. The number of carbonyl (C=O) groups excluding carboxylic acids is 2. The molecule has 1 fully saturated rings. The van der Waals surface area contributed by atoms with Gasteiger partial charge >= 0.3 is 5.97 Å². The van der Waals surface area contributed by atoms with E-state index >= 15 is 0 Å². The zero-order valence-electron chi connectivity index (χ0n) is 10.6. The van der Waals surface area contributed by atoms with Crippen molar-refractivity contribution in [3.8, 4) is 0 Å². The Balaban J connectivity index is 2.13. The molecule has 1 atom stereocenters. The first kappa shape index (κ1) is 14.3. The van der Waals surface area contributed by atoms with E-state index in [1.807, 2.05) is 0 Å². The van der Waals surface area contributed by atoms with Crippen LogP contribution in [0.5, 0.6) is 0 Å². The van der Waals surface area contributed by atoms with Crippen molar-refractivity contribution in [1.82, 2.24) is 4.90 Å². The van der Waals surface area contributed by atoms with Crippen LogP contribution in [0.4, 0.5) is 0 Å². The molecular weight excluding hydrogens is 280 g/mol. The lowest BCUT2D eigenvalue weighted by Gasteiger charge is -2.21. The number of nitrogens with zero attached hydrogens (tertiary/aromatic N) is 1. The van der Waals surface area contributed by atoms with Gasteiger partial charge in [0, 0.05) is 22.9 Å². The molecule has 1 aliphatic rings. The van der Waals surface area contributed by atoms with Crippen molar-refractivity contribution >= 4 is 35.2 Å². The van der Waals surface area contributed by atoms with Crippen LogP contribution in [0.3, 0.4) is 0 Å². The van der Waals surface area contributed by atoms with E-state index in [4.69, 9.17) is 10.8 Å². The summed E-state index contributed by atoms with van der Waals surface area (Å²) in [6.07, 6.45) is 3.80. The first-order valence-corrected chi connectivity index (χ1v) is 6.97. The molecule has 20 heavy (non-hydrogen) atoms. The topological polar surface area (TPSA) is 101 Å². The average Bonchev–Trinajstić information content (AvgIpc) is 3.04. The van der Waals surface area contributed by atoms with Crippen molar-refractivity contribution in [2.45, 2.75) is 18.9 Å². The highest BCUT2D eigenvalue weighted by molar-refractivity contribution is 7.11. The van der Waals surface area contributed by atoms with Crippen molar-refractivity contribution in [3.05, 3.63) is 28.0 Å². The Labute approximate surface area is 119 Å². The van der Waals surface area contributed by atoms with Gasteiger partial charge in [-0.05, 0) is 25.0 Å². The van der Waals surface area contributed by atoms with Crippen LogP contribution in [0.1, 0.15) is 28.1 Å². The summed E-state index contributed by atoms with van der Waals surface area (Å²) in [7, 11) is 0. The Bertz CT molecular complexity index is 579. The lowest BCUT2D eigenvalue weighted by molar-refractivity contribution is -0.131. The number of hydrogen-bond donors (Lipinski definition) is 2. The quantitative estimate of drug-likeness (QED) is 0.807. The smallest absolute Gasteiger partial charge is 0.328 e. The van der Waals surface area contributed by atoms with Crippen molar-refractivity contribution in [1.29, 1.82) is 0 Å². The van der Waals surface area contributed by atoms with Gasteiger partial charge in [-0.15, -0.1) is 11.3 Å². The van der Waals surface area contributed by atoms with Gasteiger partial charge in [0.1, 0.15) is 6.04 Å². The number of nitrogens with two attached hydrogens (primary N) is 1. The van der Waals surface area contributed by atoms with Crippen LogP contribution in [0.15, 0.2) is 17.5 Å². The second-order valence-electron chi connectivity index (χ2n) is 4.47. The molecular formula is C13H14N2O4S. The van der Waals surface area contributed by atoms with Crippen LogP contribution in [-0.2, 0) is 9.59 Å². The van der Waals surface area contributed by atoms with Crippen molar-refractivity contribution in [2.75, 3.05) is 6.54 Å². The monoisotopic (exact) mass is 294 g/mol. The van der Waals surface area contributed by atoms with Gasteiger partial charge in [0.15, 0.2) is 0 Å². The van der Waals surface area contributed by atoms with Crippen LogP contribution in [0.25, 0.3) is 6.08 Å². The van der Waals surface area contributed by atoms with Crippen LogP contribution in [0.2, 0.25) is 0 Å². The minimum absolute atomic E-state index is 0.238. The first-order valence-electron chi connectivity index (χ1n) is 6.09. The molecule has 0 bridgehead atoms. The molecule has 0 saturated carbocycles.